The summed E-state index contributed by atoms with van der Waals surface area (Å²) in [5.74, 6) is -0.626. The average molecular weight is 685 g/mol. The minimum Gasteiger partial charge on any atom is -0.449 e. The number of benzene rings is 1. The maximum absolute atomic E-state index is 14.3. The van der Waals surface area contributed by atoms with Crippen molar-refractivity contribution in [1.82, 2.24) is 20.4 Å². The number of cyclic esters (lactones) is 1. The van der Waals surface area contributed by atoms with E-state index < -0.39 is 66.2 Å². The Hall–Kier alpha value is -3.63. The Balaban J connectivity index is 1.45. The summed E-state index contributed by atoms with van der Waals surface area (Å²) in [4.78, 5) is 68.5. The molecule has 0 radical (unpaired) electrons. The van der Waals surface area contributed by atoms with Gasteiger partial charge in [-0.25, -0.2) is 9.59 Å². The van der Waals surface area contributed by atoms with Crippen LogP contribution in [-0.4, -0.2) is 75.3 Å². The highest BCUT2D eigenvalue weighted by molar-refractivity contribution is 7.63. The van der Waals surface area contributed by atoms with Crippen LogP contribution in [-0.2, 0) is 43.1 Å². The van der Waals surface area contributed by atoms with Crippen LogP contribution in [0.4, 0.5) is 9.59 Å². The fraction of sp³-hybridized carbons (Fsp3) is 0.600. The second kappa shape index (κ2) is 13.7. The van der Waals surface area contributed by atoms with Crippen molar-refractivity contribution >= 4 is 31.4 Å². The van der Waals surface area contributed by atoms with Gasteiger partial charge in [0.15, 0.2) is 0 Å². The van der Waals surface area contributed by atoms with Crippen LogP contribution in [0.25, 0.3) is 0 Å². The molecule has 1 aromatic carbocycles. The Morgan fingerprint density at radius 1 is 1.17 bits per heavy atom. The topological polar surface area (TPSA) is 155 Å². The van der Waals surface area contributed by atoms with Crippen LogP contribution in [0.2, 0.25) is 0 Å². The van der Waals surface area contributed by atoms with Crippen molar-refractivity contribution in [2.24, 2.45) is 17.3 Å². The Morgan fingerprint density at radius 2 is 1.90 bits per heavy atom. The van der Waals surface area contributed by atoms with E-state index in [1.807, 2.05) is 19.1 Å². The minimum atomic E-state index is -4.05. The number of nitrogens with zero attached hydrogens (tertiary/aromatic N) is 2. The summed E-state index contributed by atoms with van der Waals surface area (Å²) in [6.07, 6.45) is 3.15. The molecule has 3 heterocycles. The highest BCUT2D eigenvalue weighted by Crippen LogP contribution is 2.70. The van der Waals surface area contributed by atoms with E-state index in [1.165, 1.54) is 16.5 Å². The third-order valence-electron chi connectivity index (χ3n) is 10.1. The van der Waals surface area contributed by atoms with Crippen molar-refractivity contribution in [1.29, 1.82) is 0 Å². The van der Waals surface area contributed by atoms with Crippen molar-refractivity contribution in [2.75, 3.05) is 13.2 Å². The zero-order valence-electron chi connectivity index (χ0n) is 28.4. The highest BCUT2D eigenvalue weighted by atomic mass is 31.2. The zero-order chi connectivity index (χ0) is 35.0. The number of rotatable bonds is 5. The van der Waals surface area contributed by atoms with Gasteiger partial charge >= 0.3 is 12.2 Å². The first-order chi connectivity index (χ1) is 22.6. The number of nitrogens with one attached hydrogen (secondary N) is 2. The van der Waals surface area contributed by atoms with E-state index in [-0.39, 0.29) is 31.9 Å². The number of fused-ring (bicyclic) bond motifs is 3. The van der Waals surface area contributed by atoms with Crippen LogP contribution in [0.1, 0.15) is 76.5 Å². The third-order valence-corrected chi connectivity index (χ3v) is 12.4. The molecular formula is C35H49N4O8P. The molecule has 4 aliphatic rings. The number of carbonyl (C=O) groups excluding carboxylic acids is 4. The number of hydrogen-bond donors (Lipinski definition) is 3. The normalized spacial score (nSPS) is 31.1. The smallest absolute Gasteiger partial charge is 0.410 e. The lowest BCUT2D eigenvalue weighted by Crippen LogP contribution is -2.58. The molecule has 3 aliphatic heterocycles. The van der Waals surface area contributed by atoms with E-state index in [0.29, 0.717) is 13.1 Å². The van der Waals surface area contributed by atoms with E-state index in [1.54, 1.807) is 25.7 Å². The van der Waals surface area contributed by atoms with Gasteiger partial charge in [0.05, 0.1) is 13.2 Å². The van der Waals surface area contributed by atoms with Crippen molar-refractivity contribution in [2.45, 2.75) is 103 Å². The Bertz CT molecular complexity index is 1520. The molecule has 1 saturated carbocycles. The van der Waals surface area contributed by atoms with E-state index in [0.717, 1.165) is 42.6 Å². The van der Waals surface area contributed by atoms with Gasteiger partial charge in [-0.2, -0.15) is 0 Å². The molecule has 0 aromatic heterocycles. The molecule has 7 atom stereocenters. The van der Waals surface area contributed by atoms with Crippen molar-refractivity contribution in [3.05, 3.63) is 59.9 Å². The summed E-state index contributed by atoms with van der Waals surface area (Å²) in [5.41, 5.74) is 2.59. The van der Waals surface area contributed by atoms with Crippen LogP contribution >= 0.6 is 7.37 Å². The molecule has 0 spiro atoms. The lowest BCUT2D eigenvalue weighted by atomic mass is 9.85. The van der Waals surface area contributed by atoms with Crippen LogP contribution < -0.4 is 10.6 Å². The minimum absolute atomic E-state index is 0.0349. The molecule has 1 aliphatic carbocycles. The van der Waals surface area contributed by atoms with Gasteiger partial charge in [0.25, 0.3) is 0 Å². The first kappa shape index (κ1) is 35.7. The Morgan fingerprint density at radius 3 is 2.56 bits per heavy atom. The van der Waals surface area contributed by atoms with Crippen LogP contribution in [0, 0.1) is 17.3 Å². The maximum atomic E-state index is 14.3. The fourth-order valence-corrected chi connectivity index (χ4v) is 8.77. The van der Waals surface area contributed by atoms with Gasteiger partial charge in [0.2, 0.25) is 19.2 Å². The van der Waals surface area contributed by atoms with Gasteiger partial charge in [-0.1, -0.05) is 65.0 Å². The molecule has 4 amide bonds. The number of alkyl carbamates (subject to hydrolysis) is 1. The summed E-state index contributed by atoms with van der Waals surface area (Å²) in [5, 5.41) is 3.99. The lowest BCUT2D eigenvalue weighted by Gasteiger charge is -2.35. The largest absolute Gasteiger partial charge is 0.449 e. The molecule has 1 unspecified atom stereocenters. The summed E-state index contributed by atoms with van der Waals surface area (Å²) < 4.78 is 24.7. The molecule has 4 bridgehead atoms. The Labute approximate surface area is 282 Å². The number of amides is 4. The van der Waals surface area contributed by atoms with E-state index >= 15 is 0 Å². The summed E-state index contributed by atoms with van der Waals surface area (Å²) in [6.45, 7) is 15.5. The first-order valence-electron chi connectivity index (χ1n) is 16.8. The second-order valence-corrected chi connectivity index (χ2v) is 17.2. The molecule has 1 saturated heterocycles. The van der Waals surface area contributed by atoms with Crippen molar-refractivity contribution < 1.29 is 38.1 Å². The molecule has 13 heteroatoms. The summed E-state index contributed by atoms with van der Waals surface area (Å²) in [7, 11) is -4.05. The number of carbonyl (C=O) groups is 4. The summed E-state index contributed by atoms with van der Waals surface area (Å²) in [6, 6.07) is 3.87. The lowest BCUT2D eigenvalue weighted by molar-refractivity contribution is -0.142. The molecule has 12 nitrogen and oxygen atoms in total. The molecule has 48 heavy (non-hydrogen) atoms. The number of hydrogen-bond acceptors (Lipinski definition) is 7. The van der Waals surface area contributed by atoms with Crippen LogP contribution in [0.5, 0.6) is 0 Å². The molecule has 5 rings (SSSR count). The molecular weight excluding hydrogens is 635 g/mol. The van der Waals surface area contributed by atoms with Crippen LogP contribution in [0.15, 0.2) is 43.3 Å². The zero-order valence-corrected chi connectivity index (χ0v) is 29.3. The number of aryl methyl sites for hydroxylation is 1. The van der Waals surface area contributed by atoms with Gasteiger partial charge in [0, 0.05) is 25.4 Å². The van der Waals surface area contributed by atoms with E-state index in [4.69, 9.17) is 9.47 Å². The van der Waals surface area contributed by atoms with Gasteiger partial charge in [-0.3, -0.25) is 19.1 Å². The number of ether oxygens (including phenoxy) is 2. The third kappa shape index (κ3) is 7.20. The van der Waals surface area contributed by atoms with Crippen molar-refractivity contribution in [3.63, 3.8) is 0 Å². The standard InChI is InChI=1S/C35H49N4O8P/c1-7-25-17-35(25,48(44,45)8-2)37-30(40)28-16-26-19-39(28)31(41)29(34(4,5)6)36-32(42)46-21-22(3)12-9-10-13-23-14-11-15-24-18-38(20-27(23)24)33(43)47-26/h7-8,11,14-15,22,25-26,28-29H,1-2,9-10,12-13,16-21H2,3-6H3,(H,36,42)(H,37,40)(H,44,45)/t22-,25+,26+,28-,29+,35-/m0/s1. The predicted molar refractivity (Wildman–Crippen MR) is 180 cm³/mol. The first-order valence-corrected chi connectivity index (χ1v) is 18.5. The van der Waals surface area contributed by atoms with Gasteiger partial charge in [-0.05, 0) is 59.5 Å². The van der Waals surface area contributed by atoms with E-state index in [9.17, 15) is 28.6 Å². The quantitative estimate of drug-likeness (QED) is 0.288. The molecule has 1 aromatic rings. The van der Waals surface area contributed by atoms with Crippen LogP contribution in [0.3, 0.4) is 0 Å². The average Bonchev–Trinajstić information content (AvgIpc) is 3.35. The summed E-state index contributed by atoms with van der Waals surface area (Å²) >= 11 is 0. The maximum Gasteiger partial charge on any atom is 0.410 e. The molecule has 2 fully saturated rings. The molecule has 3 N–H and O–H groups in total. The highest BCUT2D eigenvalue weighted by Gasteiger charge is 2.65. The van der Waals surface area contributed by atoms with Gasteiger partial charge in [0.1, 0.15) is 23.5 Å². The SMILES string of the molecule is C=C[C@@H]1C[C@]1(NC(=O)[C@@H]1C[C@@H]2CN1C(=O)[C@H](C(C)(C)C)NC(=O)OC[C@@H](C)CCCCc1cccc3c1CN(C3)C(=O)O2)P(=O)(O)C=C. The van der Waals surface area contributed by atoms with E-state index in [2.05, 4.69) is 29.9 Å². The monoisotopic (exact) mass is 684 g/mol. The van der Waals surface area contributed by atoms with Gasteiger partial charge < -0.3 is 29.9 Å². The van der Waals surface area contributed by atoms with Crippen molar-refractivity contribution in [3.8, 4) is 0 Å². The fourth-order valence-electron chi connectivity index (χ4n) is 7.14. The van der Waals surface area contributed by atoms with Gasteiger partial charge in [-0.15, -0.1) is 6.58 Å². The Kier molecular flexibility index (Phi) is 10.2. The molecule has 262 valence electrons. The predicted octanol–water partition coefficient (Wildman–Crippen LogP) is 5.04. The second-order valence-electron chi connectivity index (χ2n) is 14.8.